The number of nitrogens with zero attached hydrogens (tertiary/aromatic N) is 1. The van der Waals surface area contributed by atoms with Gasteiger partial charge >= 0.3 is 0 Å². The van der Waals surface area contributed by atoms with Crippen LogP contribution < -0.4 is 14.4 Å². The molecule has 1 atom stereocenters. The van der Waals surface area contributed by atoms with Gasteiger partial charge in [0.15, 0.2) is 6.61 Å². The highest BCUT2D eigenvalue weighted by molar-refractivity contribution is 5.96. The SMILES string of the molecule is Cc1ccc(OCC(=O)N2CC(C)Oc3ccccc32)cc1. The fourth-order valence-corrected chi connectivity index (χ4v) is 2.48. The molecule has 0 saturated heterocycles. The molecule has 0 radical (unpaired) electrons. The predicted molar refractivity (Wildman–Crippen MR) is 85.6 cm³/mol. The highest BCUT2D eigenvalue weighted by atomic mass is 16.5. The first-order chi connectivity index (χ1) is 10.6. The number of hydrogen-bond donors (Lipinski definition) is 0. The van der Waals surface area contributed by atoms with E-state index in [0.29, 0.717) is 12.3 Å². The molecule has 2 aromatic rings. The summed E-state index contributed by atoms with van der Waals surface area (Å²) < 4.78 is 11.3. The van der Waals surface area contributed by atoms with Crippen LogP contribution in [0.3, 0.4) is 0 Å². The summed E-state index contributed by atoms with van der Waals surface area (Å²) in [6.07, 6.45) is -0.0294. The molecular weight excluding hydrogens is 278 g/mol. The number of carbonyl (C=O) groups excluding carboxylic acids is 1. The van der Waals surface area contributed by atoms with Gasteiger partial charge in [-0.3, -0.25) is 4.79 Å². The Hall–Kier alpha value is -2.49. The van der Waals surface area contributed by atoms with Crippen molar-refractivity contribution in [2.75, 3.05) is 18.1 Å². The molecule has 1 aliphatic heterocycles. The number of rotatable bonds is 3. The fourth-order valence-electron chi connectivity index (χ4n) is 2.48. The minimum Gasteiger partial charge on any atom is -0.487 e. The molecule has 4 nitrogen and oxygen atoms in total. The van der Waals surface area contributed by atoms with Gasteiger partial charge in [0.25, 0.3) is 5.91 Å². The first-order valence-corrected chi connectivity index (χ1v) is 7.39. The number of aryl methyl sites for hydroxylation is 1. The van der Waals surface area contributed by atoms with Crippen molar-refractivity contribution in [2.45, 2.75) is 20.0 Å². The van der Waals surface area contributed by atoms with Crippen molar-refractivity contribution in [3.8, 4) is 11.5 Å². The molecule has 0 aliphatic carbocycles. The molecule has 4 heteroatoms. The van der Waals surface area contributed by atoms with Crippen LogP contribution in [0.5, 0.6) is 11.5 Å². The van der Waals surface area contributed by atoms with Crippen LogP contribution >= 0.6 is 0 Å². The molecular formula is C18H19NO3. The van der Waals surface area contributed by atoms with E-state index in [1.165, 1.54) is 0 Å². The lowest BCUT2D eigenvalue weighted by atomic mass is 10.2. The van der Waals surface area contributed by atoms with Gasteiger partial charge in [-0.05, 0) is 38.1 Å². The van der Waals surface area contributed by atoms with Gasteiger partial charge in [0.2, 0.25) is 0 Å². The van der Waals surface area contributed by atoms with Crippen molar-refractivity contribution in [3.05, 3.63) is 54.1 Å². The van der Waals surface area contributed by atoms with E-state index >= 15 is 0 Å². The molecule has 1 aliphatic rings. The third-order valence-corrected chi connectivity index (χ3v) is 3.61. The maximum absolute atomic E-state index is 12.5. The number of hydrogen-bond acceptors (Lipinski definition) is 3. The number of ether oxygens (including phenoxy) is 2. The third kappa shape index (κ3) is 3.06. The highest BCUT2D eigenvalue weighted by Crippen LogP contribution is 2.33. The number of para-hydroxylation sites is 2. The second-order valence-corrected chi connectivity index (χ2v) is 5.50. The zero-order valence-corrected chi connectivity index (χ0v) is 12.8. The van der Waals surface area contributed by atoms with E-state index in [1.54, 1.807) is 4.90 Å². The average Bonchev–Trinajstić information content (AvgIpc) is 2.53. The highest BCUT2D eigenvalue weighted by Gasteiger charge is 2.27. The molecule has 22 heavy (non-hydrogen) atoms. The Morgan fingerprint density at radius 3 is 2.73 bits per heavy atom. The molecule has 0 spiro atoms. The largest absolute Gasteiger partial charge is 0.487 e. The minimum atomic E-state index is -0.0665. The summed E-state index contributed by atoms with van der Waals surface area (Å²) in [5.74, 6) is 1.38. The van der Waals surface area contributed by atoms with Gasteiger partial charge in [-0.25, -0.2) is 0 Å². The predicted octanol–water partition coefficient (Wildman–Crippen LogP) is 3.19. The summed E-state index contributed by atoms with van der Waals surface area (Å²) >= 11 is 0. The van der Waals surface area contributed by atoms with Crippen molar-refractivity contribution in [1.29, 1.82) is 0 Å². The van der Waals surface area contributed by atoms with Gasteiger partial charge in [-0.1, -0.05) is 29.8 Å². The van der Waals surface area contributed by atoms with Crippen LogP contribution in [0.2, 0.25) is 0 Å². The number of carbonyl (C=O) groups is 1. The molecule has 1 heterocycles. The number of amides is 1. The van der Waals surface area contributed by atoms with E-state index in [4.69, 9.17) is 9.47 Å². The fraction of sp³-hybridized carbons (Fsp3) is 0.278. The van der Waals surface area contributed by atoms with Crippen molar-refractivity contribution >= 4 is 11.6 Å². The molecule has 1 unspecified atom stereocenters. The Labute approximate surface area is 130 Å². The lowest BCUT2D eigenvalue weighted by molar-refractivity contribution is -0.121. The maximum Gasteiger partial charge on any atom is 0.265 e. The number of anilines is 1. The second kappa shape index (κ2) is 6.10. The van der Waals surface area contributed by atoms with Crippen LogP contribution in [0.1, 0.15) is 12.5 Å². The van der Waals surface area contributed by atoms with Crippen LogP contribution in [-0.4, -0.2) is 25.2 Å². The monoisotopic (exact) mass is 297 g/mol. The Kier molecular flexibility index (Phi) is 4.00. The lowest BCUT2D eigenvalue weighted by Crippen LogP contribution is -2.44. The van der Waals surface area contributed by atoms with Crippen molar-refractivity contribution in [1.82, 2.24) is 0 Å². The summed E-state index contributed by atoms with van der Waals surface area (Å²) in [6, 6.07) is 15.3. The Morgan fingerprint density at radius 1 is 1.23 bits per heavy atom. The smallest absolute Gasteiger partial charge is 0.265 e. The second-order valence-electron chi connectivity index (χ2n) is 5.50. The summed E-state index contributed by atoms with van der Waals surface area (Å²) in [6.45, 7) is 4.52. The molecule has 0 fully saturated rings. The van der Waals surface area contributed by atoms with Gasteiger partial charge in [-0.2, -0.15) is 0 Å². The first-order valence-electron chi connectivity index (χ1n) is 7.39. The molecule has 3 rings (SSSR count). The van der Waals surface area contributed by atoms with E-state index in [2.05, 4.69) is 0 Å². The Bertz CT molecular complexity index is 666. The van der Waals surface area contributed by atoms with E-state index in [0.717, 1.165) is 17.0 Å². The Morgan fingerprint density at radius 2 is 1.95 bits per heavy atom. The molecule has 114 valence electrons. The van der Waals surface area contributed by atoms with E-state index in [-0.39, 0.29) is 18.6 Å². The van der Waals surface area contributed by atoms with Crippen LogP contribution in [0.25, 0.3) is 0 Å². The number of fused-ring (bicyclic) bond motifs is 1. The van der Waals surface area contributed by atoms with Crippen LogP contribution in [-0.2, 0) is 4.79 Å². The normalized spacial score (nSPS) is 16.6. The molecule has 1 amide bonds. The van der Waals surface area contributed by atoms with Gasteiger partial charge in [0, 0.05) is 0 Å². The van der Waals surface area contributed by atoms with Gasteiger partial charge in [-0.15, -0.1) is 0 Å². The van der Waals surface area contributed by atoms with Crippen molar-refractivity contribution < 1.29 is 14.3 Å². The van der Waals surface area contributed by atoms with E-state index in [1.807, 2.05) is 62.4 Å². The molecule has 0 saturated carbocycles. The summed E-state index contributed by atoms with van der Waals surface area (Å²) in [5.41, 5.74) is 1.97. The third-order valence-electron chi connectivity index (χ3n) is 3.61. The maximum atomic E-state index is 12.5. The van der Waals surface area contributed by atoms with Crippen LogP contribution in [0.4, 0.5) is 5.69 Å². The van der Waals surface area contributed by atoms with E-state index < -0.39 is 0 Å². The standard InChI is InChI=1S/C18H19NO3/c1-13-7-9-15(10-8-13)21-12-18(20)19-11-14(2)22-17-6-4-3-5-16(17)19/h3-10,14H,11-12H2,1-2H3. The zero-order valence-electron chi connectivity index (χ0n) is 12.8. The molecule has 0 aromatic heterocycles. The van der Waals surface area contributed by atoms with Crippen molar-refractivity contribution in [2.24, 2.45) is 0 Å². The molecule has 0 bridgehead atoms. The van der Waals surface area contributed by atoms with Gasteiger partial charge < -0.3 is 14.4 Å². The number of benzene rings is 2. The van der Waals surface area contributed by atoms with Crippen LogP contribution in [0.15, 0.2) is 48.5 Å². The van der Waals surface area contributed by atoms with Crippen LogP contribution in [0, 0.1) is 6.92 Å². The van der Waals surface area contributed by atoms with E-state index in [9.17, 15) is 4.79 Å². The van der Waals surface area contributed by atoms with Gasteiger partial charge in [0.1, 0.15) is 17.6 Å². The Balaban J connectivity index is 1.71. The molecule has 2 aromatic carbocycles. The summed E-state index contributed by atoms with van der Waals surface area (Å²) in [5, 5.41) is 0. The quantitative estimate of drug-likeness (QED) is 0.873. The first kappa shape index (κ1) is 14.4. The average molecular weight is 297 g/mol. The molecule has 0 N–H and O–H groups in total. The topological polar surface area (TPSA) is 38.8 Å². The van der Waals surface area contributed by atoms with Gasteiger partial charge in [0.05, 0.1) is 12.2 Å². The minimum absolute atomic E-state index is 0.0180. The zero-order chi connectivity index (χ0) is 15.5. The summed E-state index contributed by atoms with van der Waals surface area (Å²) in [4.78, 5) is 14.2. The lowest BCUT2D eigenvalue weighted by Gasteiger charge is -2.33. The summed E-state index contributed by atoms with van der Waals surface area (Å²) in [7, 11) is 0. The van der Waals surface area contributed by atoms with Crippen molar-refractivity contribution in [3.63, 3.8) is 0 Å².